The van der Waals surface area contributed by atoms with Crippen LogP contribution in [-0.4, -0.2) is 49.1 Å². The highest BCUT2D eigenvalue weighted by Gasteiger charge is 2.38. The number of rotatable bonds is 3. The molecule has 3 heterocycles. The van der Waals surface area contributed by atoms with Crippen LogP contribution in [-0.2, 0) is 7.05 Å². The van der Waals surface area contributed by atoms with E-state index in [1.54, 1.807) is 6.33 Å². The summed E-state index contributed by atoms with van der Waals surface area (Å²) in [6.07, 6.45) is 7.90. The van der Waals surface area contributed by atoms with E-state index in [1.165, 1.54) is 32.4 Å². The molecule has 0 bridgehead atoms. The number of anilines is 1. The highest BCUT2D eigenvalue weighted by molar-refractivity contribution is 6.28. The lowest BCUT2D eigenvalue weighted by molar-refractivity contribution is 0.0127. The van der Waals surface area contributed by atoms with Gasteiger partial charge in [-0.2, -0.15) is 9.97 Å². The van der Waals surface area contributed by atoms with Crippen molar-refractivity contribution in [3.8, 4) is 0 Å². The van der Waals surface area contributed by atoms with Crippen molar-refractivity contribution in [2.24, 2.45) is 7.05 Å². The summed E-state index contributed by atoms with van der Waals surface area (Å²) >= 11 is 6.05. The number of halogens is 1. The third-order valence-electron chi connectivity index (χ3n) is 5.57. The summed E-state index contributed by atoms with van der Waals surface area (Å²) in [5.41, 5.74) is 1.96. The fourth-order valence-corrected chi connectivity index (χ4v) is 4.05. The topological polar surface area (TPSA) is 58.9 Å². The molecule has 0 radical (unpaired) electrons. The predicted molar refractivity (Wildman–Crippen MR) is 91.8 cm³/mol. The van der Waals surface area contributed by atoms with Gasteiger partial charge in [0.2, 0.25) is 5.28 Å². The van der Waals surface area contributed by atoms with E-state index >= 15 is 0 Å². The van der Waals surface area contributed by atoms with Crippen LogP contribution in [0.25, 0.3) is 11.2 Å². The zero-order valence-electron chi connectivity index (χ0n) is 13.7. The lowest BCUT2D eigenvalue weighted by Gasteiger charge is -2.50. The molecule has 7 heteroatoms. The van der Waals surface area contributed by atoms with Crippen molar-refractivity contribution in [3.05, 3.63) is 11.6 Å². The van der Waals surface area contributed by atoms with E-state index in [4.69, 9.17) is 11.6 Å². The lowest BCUT2D eigenvalue weighted by atomic mass is 9.78. The number of aromatic nitrogens is 4. The molecule has 0 unspecified atom stereocenters. The molecular weight excluding hydrogens is 312 g/mol. The van der Waals surface area contributed by atoms with E-state index < -0.39 is 0 Å². The molecule has 0 aromatic carbocycles. The first kappa shape index (κ1) is 15.1. The molecule has 1 aliphatic heterocycles. The van der Waals surface area contributed by atoms with Gasteiger partial charge in [-0.1, -0.05) is 0 Å². The van der Waals surface area contributed by atoms with E-state index in [-0.39, 0.29) is 5.28 Å². The molecule has 124 valence electrons. The Kier molecular flexibility index (Phi) is 3.69. The van der Waals surface area contributed by atoms with Gasteiger partial charge in [0.15, 0.2) is 11.5 Å². The number of likely N-dealkylation sites (tertiary alicyclic amines) is 1. The molecule has 2 aromatic rings. The first-order chi connectivity index (χ1) is 11.0. The summed E-state index contributed by atoms with van der Waals surface area (Å²) in [6.45, 7) is 4.96. The van der Waals surface area contributed by atoms with Crippen molar-refractivity contribution in [1.29, 1.82) is 0 Å². The molecule has 2 fully saturated rings. The van der Waals surface area contributed by atoms with Crippen LogP contribution < -0.4 is 5.32 Å². The van der Waals surface area contributed by atoms with Gasteiger partial charge in [0.1, 0.15) is 5.52 Å². The van der Waals surface area contributed by atoms with Crippen molar-refractivity contribution in [2.45, 2.75) is 50.6 Å². The fraction of sp³-hybridized carbons (Fsp3) is 0.688. The minimum Gasteiger partial charge on any atom is -0.365 e. The number of nitrogens with one attached hydrogen (secondary N) is 1. The Balaban J connectivity index is 1.50. The van der Waals surface area contributed by atoms with Gasteiger partial charge in [0.25, 0.3) is 0 Å². The Hall–Kier alpha value is -1.40. The standard InChI is InChI=1S/C16H23ClN6/c1-16(23-8-3-9-23)6-4-11(5-7-16)19-14-12-13(18-10-22(12)2)20-15(17)21-14/h10-11H,3-9H2,1-2H3,(H,19,20,21). The largest absolute Gasteiger partial charge is 0.365 e. The third kappa shape index (κ3) is 2.68. The summed E-state index contributed by atoms with van der Waals surface area (Å²) in [6, 6.07) is 0.438. The number of fused-ring (bicyclic) bond motifs is 1. The Morgan fingerprint density at radius 2 is 2.00 bits per heavy atom. The second kappa shape index (κ2) is 5.60. The second-order valence-corrected chi connectivity index (χ2v) is 7.46. The highest BCUT2D eigenvalue weighted by atomic mass is 35.5. The van der Waals surface area contributed by atoms with Crippen molar-refractivity contribution in [3.63, 3.8) is 0 Å². The SMILES string of the molecule is Cn1cnc2nc(Cl)nc(NC3CCC(C)(N4CCC4)CC3)c21. The summed E-state index contributed by atoms with van der Waals surface area (Å²) in [5, 5.41) is 3.84. The van der Waals surface area contributed by atoms with Crippen LogP contribution in [0.5, 0.6) is 0 Å². The molecule has 2 aliphatic rings. The van der Waals surface area contributed by atoms with E-state index in [9.17, 15) is 0 Å². The molecule has 23 heavy (non-hydrogen) atoms. The maximum atomic E-state index is 6.05. The molecule has 0 atom stereocenters. The maximum Gasteiger partial charge on any atom is 0.226 e. The number of hydrogen-bond donors (Lipinski definition) is 1. The summed E-state index contributed by atoms with van der Waals surface area (Å²) in [7, 11) is 1.96. The molecule has 6 nitrogen and oxygen atoms in total. The van der Waals surface area contributed by atoms with Gasteiger partial charge >= 0.3 is 0 Å². The van der Waals surface area contributed by atoms with Crippen molar-refractivity contribution >= 4 is 28.6 Å². The second-order valence-electron chi connectivity index (χ2n) is 7.13. The van der Waals surface area contributed by atoms with Crippen LogP contribution in [0, 0.1) is 0 Å². The molecule has 1 saturated carbocycles. The van der Waals surface area contributed by atoms with Crippen LogP contribution in [0.4, 0.5) is 5.82 Å². The van der Waals surface area contributed by atoms with Gasteiger partial charge in [0, 0.05) is 18.6 Å². The Bertz CT molecular complexity index is 715. The molecule has 1 N–H and O–H groups in total. The normalized spacial score (nSPS) is 28.7. The van der Waals surface area contributed by atoms with Gasteiger partial charge < -0.3 is 9.88 Å². The van der Waals surface area contributed by atoms with E-state index in [2.05, 4.69) is 32.1 Å². The van der Waals surface area contributed by atoms with Gasteiger partial charge in [-0.25, -0.2) is 4.98 Å². The molecular formula is C16H23ClN6. The first-order valence-electron chi connectivity index (χ1n) is 8.41. The third-order valence-corrected chi connectivity index (χ3v) is 5.74. The average Bonchev–Trinajstić information content (AvgIpc) is 2.81. The monoisotopic (exact) mass is 334 g/mol. The van der Waals surface area contributed by atoms with Gasteiger partial charge in [-0.3, -0.25) is 4.90 Å². The van der Waals surface area contributed by atoms with Crippen molar-refractivity contribution in [2.75, 3.05) is 18.4 Å². The van der Waals surface area contributed by atoms with Gasteiger partial charge in [-0.05, 0) is 63.7 Å². The summed E-state index contributed by atoms with van der Waals surface area (Å²) in [4.78, 5) is 15.5. The van der Waals surface area contributed by atoms with Gasteiger partial charge in [0.05, 0.1) is 6.33 Å². The fourth-order valence-electron chi connectivity index (χ4n) is 3.88. The number of aryl methyl sites for hydroxylation is 1. The Morgan fingerprint density at radius 1 is 1.26 bits per heavy atom. The summed E-state index contributed by atoms with van der Waals surface area (Å²) < 4.78 is 1.95. The predicted octanol–water partition coefficient (Wildman–Crippen LogP) is 2.84. The quantitative estimate of drug-likeness (QED) is 0.875. The van der Waals surface area contributed by atoms with Crippen LogP contribution >= 0.6 is 11.6 Å². The number of hydrogen-bond acceptors (Lipinski definition) is 5. The minimum atomic E-state index is 0.250. The number of imidazole rings is 1. The van der Waals surface area contributed by atoms with Crippen LogP contribution in [0.2, 0.25) is 5.28 Å². The van der Waals surface area contributed by atoms with E-state index in [0.29, 0.717) is 17.2 Å². The van der Waals surface area contributed by atoms with E-state index in [0.717, 1.165) is 24.2 Å². The van der Waals surface area contributed by atoms with Crippen molar-refractivity contribution in [1.82, 2.24) is 24.4 Å². The number of nitrogens with zero attached hydrogens (tertiary/aromatic N) is 5. The molecule has 0 spiro atoms. The minimum absolute atomic E-state index is 0.250. The molecule has 1 aliphatic carbocycles. The Morgan fingerprint density at radius 3 is 2.65 bits per heavy atom. The zero-order chi connectivity index (χ0) is 16.0. The average molecular weight is 335 g/mol. The molecule has 0 amide bonds. The maximum absolute atomic E-state index is 6.05. The Labute approximate surface area is 141 Å². The summed E-state index contributed by atoms with van der Waals surface area (Å²) in [5.74, 6) is 0.803. The first-order valence-corrected chi connectivity index (χ1v) is 8.79. The molecule has 1 saturated heterocycles. The van der Waals surface area contributed by atoms with Crippen LogP contribution in [0.15, 0.2) is 6.33 Å². The molecule has 4 rings (SSSR count). The molecule has 2 aromatic heterocycles. The highest BCUT2D eigenvalue weighted by Crippen LogP contribution is 2.37. The van der Waals surface area contributed by atoms with Crippen LogP contribution in [0.1, 0.15) is 39.0 Å². The van der Waals surface area contributed by atoms with E-state index in [1.807, 2.05) is 11.6 Å². The smallest absolute Gasteiger partial charge is 0.226 e. The van der Waals surface area contributed by atoms with Crippen LogP contribution in [0.3, 0.4) is 0 Å². The lowest BCUT2D eigenvalue weighted by Crippen LogP contribution is -2.55. The van der Waals surface area contributed by atoms with Gasteiger partial charge in [-0.15, -0.1) is 0 Å². The van der Waals surface area contributed by atoms with Crippen molar-refractivity contribution < 1.29 is 0 Å². The zero-order valence-corrected chi connectivity index (χ0v) is 14.5.